The quantitative estimate of drug-likeness (QED) is 0.616. The van der Waals surface area contributed by atoms with E-state index in [0.717, 1.165) is 29.8 Å². The van der Waals surface area contributed by atoms with E-state index in [1.807, 2.05) is 18.2 Å². The molecular formula is C17H16Cl2N2. The lowest BCUT2D eigenvalue weighted by Gasteiger charge is -2.09. The summed E-state index contributed by atoms with van der Waals surface area (Å²) < 4.78 is 2.10. The van der Waals surface area contributed by atoms with Crippen LogP contribution in [0.4, 0.5) is 0 Å². The van der Waals surface area contributed by atoms with E-state index in [4.69, 9.17) is 23.2 Å². The third-order valence-electron chi connectivity index (χ3n) is 3.69. The summed E-state index contributed by atoms with van der Waals surface area (Å²) in [4.78, 5) is 4.57. The molecule has 0 aliphatic heterocycles. The van der Waals surface area contributed by atoms with Crippen molar-refractivity contribution < 1.29 is 0 Å². The molecule has 2 aromatic carbocycles. The fourth-order valence-electron chi connectivity index (χ4n) is 2.53. The molecule has 108 valence electrons. The zero-order valence-corrected chi connectivity index (χ0v) is 13.3. The molecule has 0 aliphatic carbocycles. The second-order valence-corrected chi connectivity index (χ2v) is 5.70. The van der Waals surface area contributed by atoms with Gasteiger partial charge in [-0.15, -0.1) is 11.6 Å². The van der Waals surface area contributed by atoms with Crippen LogP contribution in [0, 0.1) is 0 Å². The molecule has 0 unspecified atom stereocenters. The number of nitrogens with zero attached hydrogens (tertiary/aromatic N) is 2. The standard InChI is InChI=1S/C17H16Cl2N2/c1-2-12-6-8-13(9-7-12)11-21-16(10-18)20-15-5-3-4-14(19)17(15)21/h3-9H,2,10-11H2,1H3. The first-order chi connectivity index (χ1) is 10.2. The van der Waals surface area contributed by atoms with Gasteiger partial charge in [0.1, 0.15) is 5.82 Å². The Morgan fingerprint density at radius 1 is 1.05 bits per heavy atom. The molecule has 0 radical (unpaired) electrons. The number of benzene rings is 2. The third-order valence-corrected chi connectivity index (χ3v) is 4.23. The monoisotopic (exact) mass is 318 g/mol. The largest absolute Gasteiger partial charge is 0.321 e. The summed E-state index contributed by atoms with van der Waals surface area (Å²) in [5.74, 6) is 1.22. The van der Waals surface area contributed by atoms with Gasteiger partial charge in [-0.05, 0) is 29.7 Å². The molecule has 0 amide bonds. The molecule has 0 saturated carbocycles. The molecule has 0 bridgehead atoms. The molecule has 21 heavy (non-hydrogen) atoms. The molecule has 0 spiro atoms. The van der Waals surface area contributed by atoms with Crippen LogP contribution in [0.1, 0.15) is 23.9 Å². The number of aromatic nitrogens is 2. The first kappa shape index (κ1) is 14.4. The second-order valence-electron chi connectivity index (χ2n) is 5.03. The number of aryl methyl sites for hydroxylation is 1. The molecule has 0 saturated heterocycles. The topological polar surface area (TPSA) is 17.8 Å². The molecule has 2 nitrogen and oxygen atoms in total. The van der Waals surface area contributed by atoms with Gasteiger partial charge in [0.2, 0.25) is 0 Å². The zero-order chi connectivity index (χ0) is 14.8. The lowest BCUT2D eigenvalue weighted by Crippen LogP contribution is -2.04. The van der Waals surface area contributed by atoms with Crippen molar-refractivity contribution in [1.29, 1.82) is 0 Å². The van der Waals surface area contributed by atoms with Gasteiger partial charge in [0.05, 0.1) is 21.9 Å². The Kier molecular flexibility index (Phi) is 4.18. The molecular weight excluding hydrogens is 303 g/mol. The minimum Gasteiger partial charge on any atom is -0.321 e. The fraction of sp³-hybridized carbons (Fsp3) is 0.235. The van der Waals surface area contributed by atoms with Crippen LogP contribution in [0.15, 0.2) is 42.5 Å². The molecule has 1 heterocycles. The minimum atomic E-state index is 0.373. The summed E-state index contributed by atoms with van der Waals surface area (Å²) in [7, 11) is 0. The Bertz CT molecular complexity index is 760. The van der Waals surface area contributed by atoms with E-state index in [1.54, 1.807) is 0 Å². The Morgan fingerprint density at radius 2 is 1.76 bits per heavy atom. The van der Waals surface area contributed by atoms with Crippen LogP contribution in [0.25, 0.3) is 11.0 Å². The summed E-state index contributed by atoms with van der Waals surface area (Å²) in [6.45, 7) is 2.88. The molecule has 3 rings (SSSR count). The number of rotatable bonds is 4. The van der Waals surface area contributed by atoms with Crippen LogP contribution in [-0.4, -0.2) is 9.55 Å². The van der Waals surface area contributed by atoms with E-state index < -0.39 is 0 Å². The number of para-hydroxylation sites is 1. The normalized spacial score (nSPS) is 11.2. The summed E-state index contributed by atoms with van der Waals surface area (Å²) in [6.07, 6.45) is 1.05. The first-order valence-electron chi connectivity index (χ1n) is 7.00. The summed E-state index contributed by atoms with van der Waals surface area (Å²) in [5.41, 5.74) is 4.40. The van der Waals surface area contributed by atoms with Crippen molar-refractivity contribution in [3.8, 4) is 0 Å². The average molecular weight is 319 g/mol. The van der Waals surface area contributed by atoms with Crippen molar-refractivity contribution in [2.45, 2.75) is 25.8 Å². The first-order valence-corrected chi connectivity index (χ1v) is 7.91. The summed E-state index contributed by atoms with van der Waals surface area (Å²) >= 11 is 12.4. The Hall–Kier alpha value is -1.51. The van der Waals surface area contributed by atoms with Gasteiger partial charge < -0.3 is 4.57 Å². The number of halogens is 2. The Labute approximate surface area is 134 Å². The highest BCUT2D eigenvalue weighted by atomic mass is 35.5. The maximum atomic E-state index is 6.34. The predicted octanol–water partition coefficient (Wildman–Crippen LogP) is 5.04. The highest BCUT2D eigenvalue weighted by molar-refractivity contribution is 6.35. The van der Waals surface area contributed by atoms with Gasteiger partial charge in [0, 0.05) is 6.54 Å². The van der Waals surface area contributed by atoms with Crippen molar-refractivity contribution in [1.82, 2.24) is 9.55 Å². The highest BCUT2D eigenvalue weighted by Crippen LogP contribution is 2.26. The molecule has 0 aliphatic rings. The SMILES string of the molecule is CCc1ccc(Cn2c(CCl)nc3cccc(Cl)c32)cc1. The van der Waals surface area contributed by atoms with Gasteiger partial charge in [-0.2, -0.15) is 0 Å². The van der Waals surface area contributed by atoms with Crippen LogP contribution in [0.3, 0.4) is 0 Å². The Morgan fingerprint density at radius 3 is 2.43 bits per heavy atom. The van der Waals surface area contributed by atoms with Gasteiger partial charge in [-0.3, -0.25) is 0 Å². The maximum Gasteiger partial charge on any atom is 0.125 e. The highest BCUT2D eigenvalue weighted by Gasteiger charge is 2.12. The van der Waals surface area contributed by atoms with Crippen LogP contribution >= 0.6 is 23.2 Å². The van der Waals surface area contributed by atoms with Crippen LogP contribution in [-0.2, 0) is 18.8 Å². The van der Waals surface area contributed by atoms with Gasteiger partial charge in [0.25, 0.3) is 0 Å². The predicted molar refractivity (Wildman–Crippen MR) is 89.2 cm³/mol. The lowest BCUT2D eigenvalue weighted by molar-refractivity contribution is 0.778. The molecule has 3 aromatic rings. The number of alkyl halides is 1. The van der Waals surface area contributed by atoms with Crippen LogP contribution in [0.5, 0.6) is 0 Å². The van der Waals surface area contributed by atoms with Gasteiger partial charge in [-0.25, -0.2) is 4.98 Å². The number of fused-ring (bicyclic) bond motifs is 1. The number of imidazole rings is 1. The minimum absolute atomic E-state index is 0.373. The van der Waals surface area contributed by atoms with Gasteiger partial charge in [0.15, 0.2) is 0 Å². The average Bonchev–Trinajstić information content (AvgIpc) is 2.87. The van der Waals surface area contributed by atoms with E-state index in [9.17, 15) is 0 Å². The van der Waals surface area contributed by atoms with Gasteiger partial charge in [-0.1, -0.05) is 48.9 Å². The van der Waals surface area contributed by atoms with E-state index in [1.165, 1.54) is 11.1 Å². The Balaban J connectivity index is 2.05. The number of hydrogen-bond acceptors (Lipinski definition) is 1. The van der Waals surface area contributed by atoms with Crippen molar-refractivity contribution >= 4 is 34.2 Å². The fourth-order valence-corrected chi connectivity index (χ4v) is 3.00. The second kappa shape index (κ2) is 6.08. The van der Waals surface area contributed by atoms with Crippen LogP contribution in [0.2, 0.25) is 5.02 Å². The van der Waals surface area contributed by atoms with Gasteiger partial charge >= 0.3 is 0 Å². The maximum absolute atomic E-state index is 6.34. The van der Waals surface area contributed by atoms with Crippen molar-refractivity contribution in [3.63, 3.8) is 0 Å². The summed E-state index contributed by atoms with van der Waals surface area (Å²) in [6, 6.07) is 14.4. The molecule has 0 fully saturated rings. The summed E-state index contributed by atoms with van der Waals surface area (Å²) in [5, 5.41) is 0.710. The third kappa shape index (κ3) is 2.78. The lowest BCUT2D eigenvalue weighted by atomic mass is 10.1. The molecule has 4 heteroatoms. The van der Waals surface area contributed by atoms with Crippen molar-refractivity contribution in [2.24, 2.45) is 0 Å². The number of hydrogen-bond donors (Lipinski definition) is 0. The van der Waals surface area contributed by atoms with Crippen molar-refractivity contribution in [3.05, 3.63) is 64.4 Å². The zero-order valence-electron chi connectivity index (χ0n) is 11.8. The van der Waals surface area contributed by atoms with E-state index in [0.29, 0.717) is 10.9 Å². The van der Waals surface area contributed by atoms with E-state index in [2.05, 4.69) is 40.7 Å². The molecule has 1 aromatic heterocycles. The van der Waals surface area contributed by atoms with Crippen molar-refractivity contribution in [2.75, 3.05) is 0 Å². The van der Waals surface area contributed by atoms with E-state index in [-0.39, 0.29) is 0 Å². The molecule has 0 N–H and O–H groups in total. The molecule has 0 atom stereocenters. The smallest absolute Gasteiger partial charge is 0.125 e. The van der Waals surface area contributed by atoms with E-state index >= 15 is 0 Å². The van der Waals surface area contributed by atoms with Crippen LogP contribution < -0.4 is 0 Å².